The van der Waals surface area contributed by atoms with Gasteiger partial charge in [0.05, 0.1) is 9.88 Å². The van der Waals surface area contributed by atoms with Gasteiger partial charge in [-0.1, -0.05) is 6.92 Å². The van der Waals surface area contributed by atoms with Crippen molar-refractivity contribution in [1.82, 2.24) is 10.3 Å². The van der Waals surface area contributed by atoms with E-state index in [2.05, 4.69) is 29.9 Å². The predicted molar refractivity (Wildman–Crippen MR) is 74.4 cm³/mol. The number of thiazole rings is 1. The van der Waals surface area contributed by atoms with Crippen molar-refractivity contribution in [3.05, 3.63) is 32.9 Å². The van der Waals surface area contributed by atoms with Crippen molar-refractivity contribution in [2.24, 2.45) is 0 Å². The number of thiol groups is 1. The molecule has 2 aromatic heterocycles. The lowest BCUT2D eigenvalue weighted by atomic mass is 10.2. The molecule has 1 unspecified atom stereocenters. The van der Waals surface area contributed by atoms with Crippen molar-refractivity contribution in [1.29, 1.82) is 0 Å². The SMILES string of the molecule is CC(CNC(=O)c1cc(S)cs1)c1nccs1. The van der Waals surface area contributed by atoms with Crippen LogP contribution in [0.4, 0.5) is 0 Å². The van der Waals surface area contributed by atoms with E-state index in [4.69, 9.17) is 0 Å². The first kappa shape index (κ1) is 12.6. The number of hydrogen-bond donors (Lipinski definition) is 2. The smallest absolute Gasteiger partial charge is 0.261 e. The predicted octanol–water partition coefficient (Wildman–Crippen LogP) is 3.03. The van der Waals surface area contributed by atoms with Crippen molar-refractivity contribution in [3.63, 3.8) is 0 Å². The summed E-state index contributed by atoms with van der Waals surface area (Å²) in [6, 6.07) is 1.77. The lowest BCUT2D eigenvalue weighted by Crippen LogP contribution is -2.26. The van der Waals surface area contributed by atoms with E-state index in [1.165, 1.54) is 11.3 Å². The second-order valence-corrected chi connectivity index (χ2v) is 6.00. The number of nitrogens with one attached hydrogen (secondary N) is 1. The second kappa shape index (κ2) is 5.66. The quantitative estimate of drug-likeness (QED) is 0.847. The van der Waals surface area contributed by atoms with Crippen LogP contribution in [0.15, 0.2) is 27.9 Å². The zero-order chi connectivity index (χ0) is 12.3. The minimum atomic E-state index is -0.0429. The molecule has 0 aliphatic carbocycles. The minimum Gasteiger partial charge on any atom is -0.351 e. The zero-order valence-corrected chi connectivity index (χ0v) is 11.7. The van der Waals surface area contributed by atoms with Crippen molar-refractivity contribution in [3.8, 4) is 0 Å². The Balaban J connectivity index is 1.88. The molecule has 0 aliphatic rings. The van der Waals surface area contributed by atoms with E-state index in [1.807, 2.05) is 10.8 Å². The summed E-state index contributed by atoms with van der Waals surface area (Å²) in [7, 11) is 0. The van der Waals surface area contributed by atoms with Gasteiger partial charge in [-0.2, -0.15) is 0 Å². The van der Waals surface area contributed by atoms with Gasteiger partial charge in [0.15, 0.2) is 0 Å². The largest absolute Gasteiger partial charge is 0.351 e. The summed E-state index contributed by atoms with van der Waals surface area (Å²) in [5.41, 5.74) is 0. The maximum absolute atomic E-state index is 11.8. The monoisotopic (exact) mass is 284 g/mol. The van der Waals surface area contributed by atoms with E-state index >= 15 is 0 Å². The van der Waals surface area contributed by atoms with Crippen LogP contribution in [0.2, 0.25) is 0 Å². The number of thiophene rings is 1. The van der Waals surface area contributed by atoms with Crippen LogP contribution in [0.1, 0.15) is 27.5 Å². The average molecular weight is 284 g/mol. The van der Waals surface area contributed by atoms with E-state index in [9.17, 15) is 4.79 Å². The summed E-state index contributed by atoms with van der Waals surface area (Å²) in [6.45, 7) is 2.66. The van der Waals surface area contributed by atoms with Crippen molar-refractivity contribution in [2.75, 3.05) is 6.54 Å². The minimum absolute atomic E-state index is 0.0429. The number of carbonyl (C=O) groups is 1. The Morgan fingerprint density at radius 1 is 1.59 bits per heavy atom. The average Bonchev–Trinajstić information content (AvgIpc) is 2.95. The molecule has 2 rings (SSSR count). The molecule has 1 amide bonds. The highest BCUT2D eigenvalue weighted by molar-refractivity contribution is 7.80. The Hall–Kier alpha value is -0.850. The lowest BCUT2D eigenvalue weighted by molar-refractivity contribution is 0.0955. The van der Waals surface area contributed by atoms with Crippen LogP contribution in [-0.2, 0) is 0 Å². The second-order valence-electron chi connectivity index (χ2n) is 3.65. The van der Waals surface area contributed by atoms with Gasteiger partial charge in [0.2, 0.25) is 0 Å². The van der Waals surface area contributed by atoms with Crippen LogP contribution in [-0.4, -0.2) is 17.4 Å². The standard InChI is InChI=1S/C11H12N2OS3/c1-7(11-12-2-3-16-11)5-13-10(14)9-4-8(15)6-17-9/h2-4,6-7,15H,5H2,1H3,(H,13,14). The molecule has 6 heteroatoms. The normalized spacial score (nSPS) is 12.4. The van der Waals surface area contributed by atoms with E-state index in [0.717, 1.165) is 9.90 Å². The Morgan fingerprint density at radius 2 is 2.41 bits per heavy atom. The summed E-state index contributed by atoms with van der Waals surface area (Å²) in [6.07, 6.45) is 1.78. The van der Waals surface area contributed by atoms with Crippen LogP contribution >= 0.6 is 35.3 Å². The molecule has 0 saturated carbocycles. The van der Waals surface area contributed by atoms with Gasteiger partial charge in [-0.25, -0.2) is 4.98 Å². The Kier molecular flexibility index (Phi) is 4.20. The van der Waals surface area contributed by atoms with Gasteiger partial charge in [-0.3, -0.25) is 4.79 Å². The molecule has 0 aromatic carbocycles. The van der Waals surface area contributed by atoms with Crippen LogP contribution in [0.3, 0.4) is 0 Å². The Bertz CT molecular complexity index is 493. The summed E-state index contributed by atoms with van der Waals surface area (Å²) in [5.74, 6) is 0.202. The number of carbonyl (C=O) groups excluding carboxylic acids is 1. The third kappa shape index (κ3) is 3.31. The number of nitrogens with zero attached hydrogens (tertiary/aromatic N) is 1. The van der Waals surface area contributed by atoms with Crippen molar-refractivity contribution in [2.45, 2.75) is 17.7 Å². The highest BCUT2D eigenvalue weighted by Gasteiger charge is 2.12. The molecule has 0 spiro atoms. The zero-order valence-electron chi connectivity index (χ0n) is 9.21. The van der Waals surface area contributed by atoms with Crippen LogP contribution in [0.25, 0.3) is 0 Å². The van der Waals surface area contributed by atoms with E-state index in [-0.39, 0.29) is 11.8 Å². The van der Waals surface area contributed by atoms with Crippen molar-refractivity contribution < 1.29 is 4.79 Å². The molecule has 0 fully saturated rings. The Labute approximate surface area is 113 Å². The number of aromatic nitrogens is 1. The topological polar surface area (TPSA) is 42.0 Å². The molecular weight excluding hydrogens is 272 g/mol. The molecule has 0 aliphatic heterocycles. The first-order valence-corrected chi connectivity index (χ1v) is 7.32. The first-order chi connectivity index (χ1) is 8.16. The molecule has 2 heterocycles. The molecule has 3 nitrogen and oxygen atoms in total. The van der Waals surface area contributed by atoms with Crippen molar-refractivity contribution >= 4 is 41.2 Å². The molecule has 0 bridgehead atoms. The van der Waals surface area contributed by atoms with Gasteiger partial charge in [0.1, 0.15) is 0 Å². The number of rotatable bonds is 4. The molecule has 90 valence electrons. The molecular formula is C11H12N2OS3. The number of hydrogen-bond acceptors (Lipinski definition) is 5. The van der Waals surface area contributed by atoms with Gasteiger partial charge in [0.25, 0.3) is 5.91 Å². The van der Waals surface area contributed by atoms with Gasteiger partial charge >= 0.3 is 0 Å². The fraction of sp³-hybridized carbons (Fsp3) is 0.273. The van der Waals surface area contributed by atoms with E-state index in [0.29, 0.717) is 11.4 Å². The molecule has 2 aromatic rings. The number of amides is 1. The summed E-state index contributed by atoms with van der Waals surface area (Å²) >= 11 is 7.20. The van der Waals surface area contributed by atoms with Gasteiger partial charge < -0.3 is 5.32 Å². The maximum atomic E-state index is 11.8. The lowest BCUT2D eigenvalue weighted by Gasteiger charge is -2.08. The summed E-state index contributed by atoms with van der Waals surface area (Å²) < 4.78 is 0. The molecule has 17 heavy (non-hydrogen) atoms. The third-order valence-corrected chi connectivity index (χ3v) is 4.62. The van der Waals surface area contributed by atoms with E-state index in [1.54, 1.807) is 23.6 Å². The fourth-order valence-corrected chi connectivity index (χ4v) is 3.11. The highest BCUT2D eigenvalue weighted by atomic mass is 32.1. The van der Waals surface area contributed by atoms with Gasteiger partial charge in [0, 0.05) is 34.3 Å². The van der Waals surface area contributed by atoms with Crippen LogP contribution < -0.4 is 5.32 Å². The fourth-order valence-electron chi connectivity index (χ4n) is 1.34. The third-order valence-electron chi connectivity index (χ3n) is 2.25. The first-order valence-electron chi connectivity index (χ1n) is 5.12. The molecule has 0 saturated heterocycles. The summed E-state index contributed by atoms with van der Waals surface area (Å²) in [5, 5.41) is 7.75. The highest BCUT2D eigenvalue weighted by Crippen LogP contribution is 2.19. The van der Waals surface area contributed by atoms with Crippen LogP contribution in [0, 0.1) is 0 Å². The molecule has 1 atom stereocenters. The van der Waals surface area contributed by atoms with Gasteiger partial charge in [-0.05, 0) is 6.07 Å². The Morgan fingerprint density at radius 3 is 3.00 bits per heavy atom. The molecule has 1 N–H and O–H groups in total. The summed E-state index contributed by atoms with van der Waals surface area (Å²) in [4.78, 5) is 17.5. The maximum Gasteiger partial charge on any atom is 0.261 e. The van der Waals surface area contributed by atoms with Gasteiger partial charge in [-0.15, -0.1) is 35.3 Å². The van der Waals surface area contributed by atoms with E-state index < -0.39 is 0 Å². The molecule has 0 radical (unpaired) electrons. The van der Waals surface area contributed by atoms with Crippen LogP contribution in [0.5, 0.6) is 0 Å².